The second-order valence-corrected chi connectivity index (χ2v) is 11.3. The van der Waals surface area contributed by atoms with Gasteiger partial charge in [-0.25, -0.2) is 0 Å². The lowest BCUT2D eigenvalue weighted by Gasteiger charge is -2.36. The van der Waals surface area contributed by atoms with Gasteiger partial charge in [0.1, 0.15) is 5.75 Å². The van der Waals surface area contributed by atoms with Crippen LogP contribution < -0.4 is 4.74 Å². The molecule has 2 nitrogen and oxygen atoms in total. The van der Waals surface area contributed by atoms with E-state index in [1.807, 2.05) is 24.3 Å². The standard InChI is InChI=1S/C17H26O2Si/c1-7-15-9-11-16(12-10-15)18-13-8-14-19-20(5,6)17(2,3)4/h1,9-12H,8,13-14H2,2-6H3. The van der Waals surface area contributed by atoms with Crippen molar-refractivity contribution in [2.45, 2.75) is 45.3 Å². The third-order valence-corrected chi connectivity index (χ3v) is 8.39. The highest BCUT2D eigenvalue weighted by atomic mass is 28.4. The third kappa shape index (κ3) is 5.03. The van der Waals surface area contributed by atoms with Gasteiger partial charge in [0, 0.05) is 18.6 Å². The van der Waals surface area contributed by atoms with Crippen LogP contribution in [0.3, 0.4) is 0 Å². The predicted molar refractivity (Wildman–Crippen MR) is 87.6 cm³/mol. The Balaban J connectivity index is 2.27. The van der Waals surface area contributed by atoms with E-state index in [9.17, 15) is 0 Å². The van der Waals surface area contributed by atoms with Crippen LogP contribution in [0.2, 0.25) is 18.1 Å². The summed E-state index contributed by atoms with van der Waals surface area (Å²) in [5.74, 6) is 3.45. The number of hydrogen-bond acceptors (Lipinski definition) is 2. The molecular formula is C17H26O2Si. The van der Waals surface area contributed by atoms with E-state index in [4.69, 9.17) is 15.6 Å². The van der Waals surface area contributed by atoms with Gasteiger partial charge in [-0.2, -0.15) is 0 Å². The van der Waals surface area contributed by atoms with Crippen LogP contribution in [0.4, 0.5) is 0 Å². The molecule has 1 aromatic rings. The van der Waals surface area contributed by atoms with E-state index >= 15 is 0 Å². The minimum absolute atomic E-state index is 0.263. The molecule has 0 aromatic heterocycles. The van der Waals surface area contributed by atoms with Crippen molar-refractivity contribution >= 4 is 8.32 Å². The maximum absolute atomic E-state index is 6.10. The fourth-order valence-corrected chi connectivity index (χ4v) is 2.53. The van der Waals surface area contributed by atoms with Gasteiger partial charge in [0.05, 0.1) is 6.61 Å². The van der Waals surface area contributed by atoms with E-state index in [2.05, 4.69) is 39.8 Å². The van der Waals surface area contributed by atoms with Crippen molar-refractivity contribution < 1.29 is 9.16 Å². The molecule has 110 valence electrons. The van der Waals surface area contributed by atoms with Gasteiger partial charge in [-0.15, -0.1) is 6.42 Å². The molecule has 0 aliphatic heterocycles. The van der Waals surface area contributed by atoms with Gasteiger partial charge < -0.3 is 9.16 Å². The first-order valence-electron chi connectivity index (χ1n) is 7.10. The van der Waals surface area contributed by atoms with Crippen molar-refractivity contribution in [1.82, 2.24) is 0 Å². The van der Waals surface area contributed by atoms with Gasteiger partial charge in [-0.3, -0.25) is 0 Å². The summed E-state index contributed by atoms with van der Waals surface area (Å²) in [6.07, 6.45) is 6.22. The molecule has 0 aliphatic rings. The zero-order valence-corrected chi connectivity index (χ0v) is 14.3. The van der Waals surface area contributed by atoms with Crippen LogP contribution >= 0.6 is 0 Å². The molecule has 0 bridgehead atoms. The Bertz CT molecular complexity index is 449. The second kappa shape index (κ2) is 6.96. The molecule has 0 unspecified atom stereocenters. The summed E-state index contributed by atoms with van der Waals surface area (Å²) >= 11 is 0. The van der Waals surface area contributed by atoms with Crippen LogP contribution in [0, 0.1) is 12.3 Å². The van der Waals surface area contributed by atoms with Crippen LogP contribution in [0.5, 0.6) is 5.75 Å². The highest BCUT2D eigenvalue weighted by molar-refractivity contribution is 6.74. The maximum Gasteiger partial charge on any atom is 0.191 e. The number of terminal acetylenes is 1. The Kier molecular flexibility index (Phi) is 5.85. The first kappa shape index (κ1) is 16.8. The molecule has 0 heterocycles. The Labute approximate surface area is 124 Å². The summed E-state index contributed by atoms with van der Waals surface area (Å²) in [7, 11) is -1.62. The van der Waals surface area contributed by atoms with Gasteiger partial charge in [0.25, 0.3) is 0 Å². The summed E-state index contributed by atoms with van der Waals surface area (Å²) < 4.78 is 11.8. The molecule has 1 aromatic carbocycles. The van der Waals surface area contributed by atoms with Crippen molar-refractivity contribution in [2.75, 3.05) is 13.2 Å². The lowest BCUT2D eigenvalue weighted by molar-refractivity contribution is 0.234. The molecule has 0 fully saturated rings. The largest absolute Gasteiger partial charge is 0.494 e. The van der Waals surface area contributed by atoms with Gasteiger partial charge in [0.15, 0.2) is 8.32 Å². The van der Waals surface area contributed by atoms with Gasteiger partial charge in [0.2, 0.25) is 0 Å². The fraction of sp³-hybridized carbons (Fsp3) is 0.529. The van der Waals surface area contributed by atoms with Gasteiger partial charge in [-0.1, -0.05) is 26.7 Å². The monoisotopic (exact) mass is 290 g/mol. The molecular weight excluding hydrogens is 264 g/mol. The molecule has 0 spiro atoms. The smallest absolute Gasteiger partial charge is 0.191 e. The van der Waals surface area contributed by atoms with E-state index in [-0.39, 0.29) is 5.04 Å². The summed E-state index contributed by atoms with van der Waals surface area (Å²) in [6.45, 7) is 12.7. The van der Waals surface area contributed by atoms with Crippen LogP contribution in [-0.2, 0) is 4.43 Å². The third-order valence-electron chi connectivity index (χ3n) is 3.85. The van der Waals surface area contributed by atoms with Crippen molar-refractivity contribution in [3.63, 3.8) is 0 Å². The maximum atomic E-state index is 6.10. The Morgan fingerprint density at radius 1 is 1.10 bits per heavy atom. The van der Waals surface area contributed by atoms with Crippen molar-refractivity contribution in [1.29, 1.82) is 0 Å². The van der Waals surface area contributed by atoms with E-state index < -0.39 is 8.32 Å². The van der Waals surface area contributed by atoms with Crippen LogP contribution in [0.15, 0.2) is 24.3 Å². The predicted octanol–water partition coefficient (Wildman–Crippen LogP) is 4.46. The number of benzene rings is 1. The first-order chi connectivity index (χ1) is 9.26. The molecule has 0 N–H and O–H groups in total. The van der Waals surface area contributed by atoms with Crippen LogP contribution in [-0.4, -0.2) is 21.5 Å². The molecule has 20 heavy (non-hydrogen) atoms. The summed E-state index contributed by atoms with van der Waals surface area (Å²) in [5, 5.41) is 0.263. The quantitative estimate of drug-likeness (QED) is 0.437. The van der Waals surface area contributed by atoms with Crippen molar-refractivity contribution in [3.05, 3.63) is 29.8 Å². The topological polar surface area (TPSA) is 18.5 Å². The van der Waals surface area contributed by atoms with Gasteiger partial charge >= 0.3 is 0 Å². The average Bonchev–Trinajstić information content (AvgIpc) is 2.37. The lowest BCUT2D eigenvalue weighted by Crippen LogP contribution is -2.41. The van der Waals surface area contributed by atoms with Gasteiger partial charge in [-0.05, 0) is 42.4 Å². The molecule has 0 atom stereocenters. The highest BCUT2D eigenvalue weighted by Crippen LogP contribution is 2.36. The normalized spacial score (nSPS) is 12.0. The zero-order valence-electron chi connectivity index (χ0n) is 13.3. The molecule has 0 radical (unpaired) electrons. The first-order valence-corrected chi connectivity index (χ1v) is 10.0. The van der Waals surface area contributed by atoms with E-state index in [0.29, 0.717) is 6.61 Å². The molecule has 3 heteroatoms. The number of rotatable bonds is 6. The molecule has 0 saturated heterocycles. The summed E-state index contributed by atoms with van der Waals surface area (Å²) in [6, 6.07) is 7.59. The van der Waals surface area contributed by atoms with Crippen LogP contribution in [0.1, 0.15) is 32.8 Å². The molecule has 0 amide bonds. The Morgan fingerprint density at radius 2 is 1.70 bits per heavy atom. The SMILES string of the molecule is C#Cc1ccc(OCCCO[Si](C)(C)C(C)(C)C)cc1. The Hall–Kier alpha value is -1.24. The van der Waals surface area contributed by atoms with E-state index in [0.717, 1.165) is 24.3 Å². The number of ether oxygens (including phenoxy) is 1. The highest BCUT2D eigenvalue weighted by Gasteiger charge is 2.36. The molecule has 0 saturated carbocycles. The summed E-state index contributed by atoms with van der Waals surface area (Å²) in [4.78, 5) is 0. The van der Waals surface area contributed by atoms with E-state index in [1.165, 1.54) is 0 Å². The number of hydrogen-bond donors (Lipinski definition) is 0. The Morgan fingerprint density at radius 3 is 2.20 bits per heavy atom. The fourth-order valence-electron chi connectivity index (χ4n) is 1.44. The average molecular weight is 290 g/mol. The molecule has 0 aliphatic carbocycles. The zero-order chi connectivity index (χ0) is 15.2. The summed E-state index contributed by atoms with van der Waals surface area (Å²) in [5.41, 5.74) is 0.874. The lowest BCUT2D eigenvalue weighted by atomic mass is 10.2. The van der Waals surface area contributed by atoms with Crippen molar-refractivity contribution in [2.24, 2.45) is 0 Å². The van der Waals surface area contributed by atoms with Crippen molar-refractivity contribution in [3.8, 4) is 18.1 Å². The minimum atomic E-state index is -1.62. The van der Waals surface area contributed by atoms with E-state index in [1.54, 1.807) is 0 Å². The van der Waals surface area contributed by atoms with Crippen LogP contribution in [0.25, 0.3) is 0 Å². The minimum Gasteiger partial charge on any atom is -0.494 e. The second-order valence-electron chi connectivity index (χ2n) is 6.48. The molecule has 1 rings (SSSR count).